The van der Waals surface area contributed by atoms with Gasteiger partial charge in [-0.1, -0.05) is 19.1 Å². The fourth-order valence-corrected chi connectivity index (χ4v) is 1.83. The smallest absolute Gasteiger partial charge is 0.127 e. The molecule has 0 radical (unpaired) electrons. The van der Waals surface area contributed by atoms with E-state index < -0.39 is 0 Å². The highest BCUT2D eigenvalue weighted by Crippen LogP contribution is 2.18. The van der Waals surface area contributed by atoms with E-state index >= 15 is 0 Å². The van der Waals surface area contributed by atoms with Crippen molar-refractivity contribution < 1.29 is 14.2 Å². The van der Waals surface area contributed by atoms with Gasteiger partial charge in [-0.3, -0.25) is 0 Å². The Kier molecular flexibility index (Phi) is 4.96. The number of ether oxygens (including phenoxy) is 1. The number of phenolic OH excluding ortho intramolecular Hbond substituents is 1. The first-order valence-corrected chi connectivity index (χ1v) is 6.58. The van der Waals surface area contributed by atoms with Gasteiger partial charge in [0, 0.05) is 12.6 Å². The average molecular weight is 275 g/mol. The third kappa shape index (κ3) is 4.24. The standard InChI is InChI=1S/C16H18FNO2/c1-2-18-10-13-7-14(17)9-16(8-13)20-11-12-3-5-15(19)6-4-12/h3-9,18-19H,2,10-11H2,1H3. The lowest BCUT2D eigenvalue weighted by molar-refractivity contribution is 0.304. The molecule has 2 rings (SSSR count). The van der Waals surface area contributed by atoms with E-state index in [1.807, 2.05) is 13.0 Å². The van der Waals surface area contributed by atoms with Gasteiger partial charge in [0.05, 0.1) is 0 Å². The summed E-state index contributed by atoms with van der Waals surface area (Å²) in [6, 6.07) is 11.4. The summed E-state index contributed by atoms with van der Waals surface area (Å²) < 4.78 is 19.1. The second-order valence-corrected chi connectivity index (χ2v) is 4.53. The summed E-state index contributed by atoms with van der Waals surface area (Å²) >= 11 is 0. The highest BCUT2D eigenvalue weighted by molar-refractivity contribution is 5.30. The zero-order valence-corrected chi connectivity index (χ0v) is 11.4. The van der Waals surface area contributed by atoms with Gasteiger partial charge in [0.15, 0.2) is 0 Å². The molecule has 0 aliphatic heterocycles. The van der Waals surface area contributed by atoms with Crippen molar-refractivity contribution in [2.75, 3.05) is 6.54 Å². The molecule has 0 saturated heterocycles. The molecule has 20 heavy (non-hydrogen) atoms. The molecular weight excluding hydrogens is 257 g/mol. The van der Waals surface area contributed by atoms with Gasteiger partial charge >= 0.3 is 0 Å². The third-order valence-electron chi connectivity index (χ3n) is 2.85. The topological polar surface area (TPSA) is 41.5 Å². The van der Waals surface area contributed by atoms with E-state index in [4.69, 9.17) is 4.74 Å². The van der Waals surface area contributed by atoms with Crippen molar-refractivity contribution in [3.63, 3.8) is 0 Å². The molecule has 2 aromatic carbocycles. The van der Waals surface area contributed by atoms with Crippen LogP contribution in [0.1, 0.15) is 18.1 Å². The molecule has 0 unspecified atom stereocenters. The average Bonchev–Trinajstić information content (AvgIpc) is 2.44. The normalized spacial score (nSPS) is 10.5. The molecule has 2 aromatic rings. The van der Waals surface area contributed by atoms with Gasteiger partial charge in [-0.15, -0.1) is 0 Å². The van der Waals surface area contributed by atoms with Crippen molar-refractivity contribution in [1.29, 1.82) is 0 Å². The Morgan fingerprint density at radius 1 is 1.10 bits per heavy atom. The van der Waals surface area contributed by atoms with E-state index in [1.165, 1.54) is 12.1 Å². The summed E-state index contributed by atoms with van der Waals surface area (Å²) in [5.41, 5.74) is 1.77. The lowest BCUT2D eigenvalue weighted by Crippen LogP contribution is -2.12. The number of halogens is 1. The Labute approximate surface area is 118 Å². The van der Waals surface area contributed by atoms with Crippen molar-refractivity contribution in [1.82, 2.24) is 5.32 Å². The number of aromatic hydroxyl groups is 1. The van der Waals surface area contributed by atoms with E-state index in [0.29, 0.717) is 18.9 Å². The fourth-order valence-electron chi connectivity index (χ4n) is 1.83. The highest BCUT2D eigenvalue weighted by Gasteiger charge is 2.02. The second kappa shape index (κ2) is 6.91. The van der Waals surface area contributed by atoms with E-state index in [2.05, 4.69) is 5.32 Å². The maximum Gasteiger partial charge on any atom is 0.127 e. The van der Waals surface area contributed by atoms with Crippen molar-refractivity contribution in [2.45, 2.75) is 20.1 Å². The van der Waals surface area contributed by atoms with Crippen molar-refractivity contribution in [3.8, 4) is 11.5 Å². The third-order valence-corrected chi connectivity index (χ3v) is 2.85. The molecule has 0 saturated carbocycles. The van der Waals surface area contributed by atoms with Crippen LogP contribution in [0.5, 0.6) is 11.5 Å². The first kappa shape index (κ1) is 14.3. The molecule has 0 fully saturated rings. The molecule has 106 valence electrons. The van der Waals surface area contributed by atoms with E-state index in [9.17, 15) is 9.50 Å². The molecule has 0 aliphatic rings. The number of phenols is 1. The predicted octanol–water partition coefficient (Wildman–Crippen LogP) is 3.22. The van der Waals surface area contributed by atoms with Crippen LogP contribution >= 0.6 is 0 Å². The number of benzene rings is 2. The van der Waals surface area contributed by atoms with Gasteiger partial charge < -0.3 is 15.2 Å². The van der Waals surface area contributed by atoms with Crippen LogP contribution in [-0.2, 0) is 13.2 Å². The van der Waals surface area contributed by atoms with E-state index in [-0.39, 0.29) is 11.6 Å². The van der Waals surface area contributed by atoms with Gasteiger partial charge in [0.25, 0.3) is 0 Å². The van der Waals surface area contributed by atoms with E-state index in [0.717, 1.165) is 17.7 Å². The van der Waals surface area contributed by atoms with Crippen molar-refractivity contribution in [2.24, 2.45) is 0 Å². The quantitative estimate of drug-likeness (QED) is 0.850. The lowest BCUT2D eigenvalue weighted by Gasteiger charge is -2.09. The van der Waals surface area contributed by atoms with Gasteiger partial charge in [0.1, 0.15) is 23.9 Å². The summed E-state index contributed by atoms with van der Waals surface area (Å²) in [7, 11) is 0. The van der Waals surface area contributed by atoms with Crippen molar-refractivity contribution >= 4 is 0 Å². The number of nitrogens with one attached hydrogen (secondary N) is 1. The Balaban J connectivity index is 2.01. The van der Waals surface area contributed by atoms with Crippen LogP contribution in [0.3, 0.4) is 0 Å². The predicted molar refractivity (Wildman–Crippen MR) is 76.2 cm³/mol. The molecule has 4 heteroatoms. The van der Waals surface area contributed by atoms with Crippen LogP contribution < -0.4 is 10.1 Å². The van der Waals surface area contributed by atoms with Crippen LogP contribution in [0.15, 0.2) is 42.5 Å². The minimum atomic E-state index is -0.305. The molecule has 0 aromatic heterocycles. The van der Waals surface area contributed by atoms with E-state index in [1.54, 1.807) is 24.3 Å². The highest BCUT2D eigenvalue weighted by atomic mass is 19.1. The summed E-state index contributed by atoms with van der Waals surface area (Å²) in [6.45, 7) is 3.79. The molecule has 0 atom stereocenters. The van der Waals surface area contributed by atoms with Gasteiger partial charge in [-0.25, -0.2) is 4.39 Å². The molecule has 2 N–H and O–H groups in total. The zero-order chi connectivity index (χ0) is 14.4. The molecular formula is C16H18FNO2. The minimum absolute atomic E-state index is 0.215. The summed E-state index contributed by atoms with van der Waals surface area (Å²) in [6.07, 6.45) is 0. The Morgan fingerprint density at radius 2 is 1.85 bits per heavy atom. The molecule has 0 heterocycles. The molecule has 3 nitrogen and oxygen atoms in total. The lowest BCUT2D eigenvalue weighted by atomic mass is 10.2. The SMILES string of the molecule is CCNCc1cc(F)cc(OCc2ccc(O)cc2)c1. The van der Waals surface area contributed by atoms with Crippen LogP contribution in [0, 0.1) is 5.82 Å². The molecule has 0 bridgehead atoms. The van der Waals surface area contributed by atoms with Gasteiger partial charge in [-0.2, -0.15) is 0 Å². The van der Waals surface area contributed by atoms with Crippen LogP contribution in [0.2, 0.25) is 0 Å². The largest absolute Gasteiger partial charge is 0.508 e. The molecule has 0 aliphatic carbocycles. The fraction of sp³-hybridized carbons (Fsp3) is 0.250. The maximum absolute atomic E-state index is 13.5. The summed E-state index contributed by atoms with van der Waals surface area (Å²) in [5, 5.41) is 12.3. The monoisotopic (exact) mass is 275 g/mol. The minimum Gasteiger partial charge on any atom is -0.508 e. The Morgan fingerprint density at radius 3 is 2.55 bits per heavy atom. The van der Waals surface area contributed by atoms with Gasteiger partial charge in [-0.05, 0) is 41.9 Å². The maximum atomic E-state index is 13.5. The first-order chi connectivity index (χ1) is 9.67. The van der Waals surface area contributed by atoms with Crippen molar-refractivity contribution in [3.05, 3.63) is 59.4 Å². The van der Waals surface area contributed by atoms with Crippen LogP contribution in [0.25, 0.3) is 0 Å². The number of hydrogen-bond acceptors (Lipinski definition) is 3. The first-order valence-electron chi connectivity index (χ1n) is 6.58. The molecule has 0 amide bonds. The number of rotatable bonds is 6. The van der Waals surface area contributed by atoms with Crippen LogP contribution in [0.4, 0.5) is 4.39 Å². The summed E-state index contributed by atoms with van der Waals surface area (Å²) in [5.74, 6) is 0.416. The number of hydrogen-bond donors (Lipinski definition) is 2. The zero-order valence-electron chi connectivity index (χ0n) is 11.4. The second-order valence-electron chi connectivity index (χ2n) is 4.53. The molecule has 0 spiro atoms. The Hall–Kier alpha value is -2.07. The van der Waals surface area contributed by atoms with Crippen LogP contribution in [-0.4, -0.2) is 11.7 Å². The summed E-state index contributed by atoms with van der Waals surface area (Å²) in [4.78, 5) is 0. The van der Waals surface area contributed by atoms with Gasteiger partial charge in [0.2, 0.25) is 0 Å². The Bertz CT molecular complexity index is 555.